The summed E-state index contributed by atoms with van der Waals surface area (Å²) >= 11 is 0. The fourth-order valence-electron chi connectivity index (χ4n) is 2.65. The third kappa shape index (κ3) is 3.17. The second-order valence-electron chi connectivity index (χ2n) is 5.71. The van der Waals surface area contributed by atoms with Crippen molar-refractivity contribution in [2.24, 2.45) is 5.92 Å². The lowest BCUT2D eigenvalue weighted by Gasteiger charge is -2.31. The monoisotopic (exact) mass is 293 g/mol. The number of benzene rings is 1. The number of nitriles is 1. The Bertz CT molecular complexity index is 683. The van der Waals surface area contributed by atoms with Gasteiger partial charge in [0, 0.05) is 19.2 Å². The molecule has 0 atom stereocenters. The highest BCUT2D eigenvalue weighted by molar-refractivity contribution is 5.65. The van der Waals surface area contributed by atoms with Crippen molar-refractivity contribution >= 4 is 17.3 Å². The molecule has 2 heterocycles. The zero-order valence-corrected chi connectivity index (χ0v) is 12.7. The van der Waals surface area contributed by atoms with E-state index < -0.39 is 0 Å². The van der Waals surface area contributed by atoms with Crippen LogP contribution in [-0.4, -0.2) is 23.1 Å². The molecule has 3 rings (SSSR count). The van der Waals surface area contributed by atoms with Gasteiger partial charge in [-0.15, -0.1) is 0 Å². The van der Waals surface area contributed by atoms with Gasteiger partial charge < -0.3 is 10.2 Å². The molecule has 0 aliphatic carbocycles. The van der Waals surface area contributed by atoms with E-state index in [0.717, 1.165) is 30.5 Å². The minimum absolute atomic E-state index is 0.606. The molecule has 0 amide bonds. The van der Waals surface area contributed by atoms with E-state index in [1.54, 1.807) is 12.4 Å². The highest BCUT2D eigenvalue weighted by atomic mass is 15.2. The number of hydrogen-bond donors (Lipinski definition) is 1. The zero-order chi connectivity index (χ0) is 15.4. The molecule has 1 N–H and O–H groups in total. The maximum atomic E-state index is 9.15. The Morgan fingerprint density at radius 1 is 1.23 bits per heavy atom. The molecular formula is C17H19N5. The number of piperidine rings is 1. The molecular weight excluding hydrogens is 274 g/mol. The van der Waals surface area contributed by atoms with E-state index in [9.17, 15) is 0 Å². The van der Waals surface area contributed by atoms with Crippen molar-refractivity contribution < 1.29 is 0 Å². The van der Waals surface area contributed by atoms with Gasteiger partial charge in [0.25, 0.3) is 0 Å². The van der Waals surface area contributed by atoms with Crippen LogP contribution in [0.2, 0.25) is 0 Å². The van der Waals surface area contributed by atoms with Gasteiger partial charge in [0.05, 0.1) is 11.3 Å². The zero-order valence-electron chi connectivity index (χ0n) is 12.7. The van der Waals surface area contributed by atoms with Crippen molar-refractivity contribution in [2.75, 3.05) is 23.3 Å². The van der Waals surface area contributed by atoms with Gasteiger partial charge >= 0.3 is 0 Å². The Morgan fingerprint density at radius 3 is 2.77 bits per heavy atom. The normalized spacial score (nSPS) is 15.4. The molecule has 1 fully saturated rings. The van der Waals surface area contributed by atoms with Crippen LogP contribution in [0.25, 0.3) is 0 Å². The summed E-state index contributed by atoms with van der Waals surface area (Å²) in [5.41, 5.74) is 1.37. The topological polar surface area (TPSA) is 64.8 Å². The Labute approximate surface area is 130 Å². The summed E-state index contributed by atoms with van der Waals surface area (Å²) in [5.74, 6) is 2.45. The van der Waals surface area contributed by atoms with Crippen molar-refractivity contribution in [3.8, 4) is 6.07 Å². The van der Waals surface area contributed by atoms with Crippen LogP contribution in [0, 0.1) is 17.2 Å². The molecule has 0 saturated carbocycles. The van der Waals surface area contributed by atoms with E-state index in [1.165, 1.54) is 12.8 Å². The van der Waals surface area contributed by atoms with Gasteiger partial charge in [-0.05, 0) is 30.9 Å². The first-order valence-electron chi connectivity index (χ1n) is 7.59. The number of hydrogen-bond acceptors (Lipinski definition) is 5. The molecule has 112 valence electrons. The Morgan fingerprint density at radius 2 is 2.00 bits per heavy atom. The van der Waals surface area contributed by atoms with E-state index in [0.29, 0.717) is 11.4 Å². The largest absolute Gasteiger partial charge is 0.356 e. The lowest BCUT2D eigenvalue weighted by Crippen LogP contribution is -2.33. The van der Waals surface area contributed by atoms with Crippen LogP contribution in [0.3, 0.4) is 0 Å². The van der Waals surface area contributed by atoms with Crippen molar-refractivity contribution in [3.05, 3.63) is 42.2 Å². The van der Waals surface area contributed by atoms with Crippen LogP contribution < -0.4 is 10.2 Å². The number of nitrogens with one attached hydrogen (secondary N) is 1. The highest BCUT2D eigenvalue weighted by Crippen LogP contribution is 2.24. The number of nitrogens with zero attached hydrogens (tertiary/aromatic N) is 4. The van der Waals surface area contributed by atoms with E-state index in [2.05, 4.69) is 33.2 Å². The van der Waals surface area contributed by atoms with Gasteiger partial charge in [-0.3, -0.25) is 0 Å². The summed E-state index contributed by atoms with van der Waals surface area (Å²) in [6.07, 6.45) is 3.97. The van der Waals surface area contributed by atoms with E-state index in [1.807, 2.05) is 24.3 Å². The van der Waals surface area contributed by atoms with Gasteiger partial charge in [0.15, 0.2) is 0 Å². The van der Waals surface area contributed by atoms with E-state index in [-0.39, 0.29) is 0 Å². The summed E-state index contributed by atoms with van der Waals surface area (Å²) in [5, 5.41) is 12.4. The standard InChI is InChI=1S/C17H19N5/c1-13-6-8-22(9-7-13)17-10-16(19-12-20-17)21-15-5-3-2-4-14(15)11-18/h2-5,10,12-13H,6-9H2,1H3,(H,19,20,21). The van der Waals surface area contributed by atoms with Crippen LogP contribution in [0.1, 0.15) is 25.3 Å². The fourth-order valence-corrected chi connectivity index (χ4v) is 2.65. The number of rotatable bonds is 3. The summed E-state index contributed by atoms with van der Waals surface area (Å²) in [7, 11) is 0. The molecule has 0 spiro atoms. The Hall–Kier alpha value is -2.61. The van der Waals surface area contributed by atoms with Crippen LogP contribution in [-0.2, 0) is 0 Å². The minimum Gasteiger partial charge on any atom is -0.356 e. The van der Waals surface area contributed by atoms with E-state index >= 15 is 0 Å². The van der Waals surface area contributed by atoms with Crippen LogP contribution >= 0.6 is 0 Å². The average molecular weight is 293 g/mol. The van der Waals surface area contributed by atoms with Gasteiger partial charge in [0.2, 0.25) is 0 Å². The summed E-state index contributed by atoms with van der Waals surface area (Å²) in [6.45, 7) is 4.36. The van der Waals surface area contributed by atoms with Crippen LogP contribution in [0.4, 0.5) is 17.3 Å². The first-order chi connectivity index (χ1) is 10.8. The minimum atomic E-state index is 0.606. The Balaban J connectivity index is 1.78. The fraction of sp³-hybridized carbons (Fsp3) is 0.353. The van der Waals surface area contributed by atoms with Crippen molar-refractivity contribution in [1.82, 2.24) is 9.97 Å². The predicted octanol–water partition coefficient (Wildman–Crippen LogP) is 3.33. The first-order valence-corrected chi connectivity index (χ1v) is 7.59. The molecule has 1 aliphatic rings. The van der Waals surface area contributed by atoms with Crippen LogP contribution in [0.15, 0.2) is 36.7 Å². The van der Waals surface area contributed by atoms with E-state index in [4.69, 9.17) is 5.26 Å². The maximum absolute atomic E-state index is 9.15. The molecule has 1 aromatic carbocycles. The quantitative estimate of drug-likeness (QED) is 0.940. The smallest absolute Gasteiger partial charge is 0.135 e. The summed E-state index contributed by atoms with van der Waals surface area (Å²) in [6, 6.07) is 11.5. The first kappa shape index (κ1) is 14.3. The molecule has 0 bridgehead atoms. The SMILES string of the molecule is CC1CCN(c2cc(Nc3ccccc3C#N)ncn2)CC1. The molecule has 5 heteroatoms. The molecule has 1 aliphatic heterocycles. The van der Waals surface area contributed by atoms with Crippen molar-refractivity contribution in [3.63, 3.8) is 0 Å². The molecule has 0 unspecified atom stereocenters. The number of para-hydroxylation sites is 1. The predicted molar refractivity (Wildman–Crippen MR) is 87.1 cm³/mol. The third-order valence-corrected chi connectivity index (χ3v) is 4.07. The maximum Gasteiger partial charge on any atom is 0.135 e. The second kappa shape index (κ2) is 6.44. The third-order valence-electron chi connectivity index (χ3n) is 4.07. The Kier molecular flexibility index (Phi) is 4.19. The van der Waals surface area contributed by atoms with Gasteiger partial charge in [-0.1, -0.05) is 19.1 Å². The van der Waals surface area contributed by atoms with Gasteiger partial charge in [-0.25, -0.2) is 9.97 Å². The second-order valence-corrected chi connectivity index (χ2v) is 5.71. The highest BCUT2D eigenvalue weighted by Gasteiger charge is 2.17. The van der Waals surface area contributed by atoms with Crippen LogP contribution in [0.5, 0.6) is 0 Å². The molecule has 2 aromatic rings. The molecule has 1 saturated heterocycles. The summed E-state index contributed by atoms with van der Waals surface area (Å²) in [4.78, 5) is 10.9. The lowest BCUT2D eigenvalue weighted by molar-refractivity contribution is 0.436. The molecule has 1 aromatic heterocycles. The van der Waals surface area contributed by atoms with Crippen molar-refractivity contribution in [2.45, 2.75) is 19.8 Å². The number of aromatic nitrogens is 2. The average Bonchev–Trinajstić information content (AvgIpc) is 2.56. The number of anilines is 3. The lowest BCUT2D eigenvalue weighted by atomic mass is 9.99. The van der Waals surface area contributed by atoms with Gasteiger partial charge in [-0.2, -0.15) is 5.26 Å². The summed E-state index contributed by atoms with van der Waals surface area (Å²) < 4.78 is 0. The van der Waals surface area contributed by atoms with Crippen molar-refractivity contribution in [1.29, 1.82) is 5.26 Å². The van der Waals surface area contributed by atoms with Gasteiger partial charge in [0.1, 0.15) is 24.0 Å². The molecule has 0 radical (unpaired) electrons. The molecule has 5 nitrogen and oxygen atoms in total. The molecule has 22 heavy (non-hydrogen) atoms.